The minimum absolute atomic E-state index is 0.121. The molecule has 0 unspecified atom stereocenters. The molecule has 2 aliphatic rings. The molecule has 2 fully saturated rings. The summed E-state index contributed by atoms with van der Waals surface area (Å²) in [7, 11) is 0. The van der Waals surface area contributed by atoms with E-state index in [4.69, 9.17) is 11.8 Å². The Morgan fingerprint density at radius 3 is 1.94 bits per heavy atom. The van der Waals surface area contributed by atoms with E-state index in [0.717, 1.165) is 4.90 Å². The van der Waals surface area contributed by atoms with Crippen LogP contribution < -0.4 is 0 Å². The van der Waals surface area contributed by atoms with Crippen molar-refractivity contribution in [2.75, 3.05) is 13.1 Å². The van der Waals surface area contributed by atoms with E-state index in [1.165, 1.54) is 0 Å². The van der Waals surface area contributed by atoms with Gasteiger partial charge in [-0.05, 0) is 48.3 Å². The van der Waals surface area contributed by atoms with Gasteiger partial charge >= 0.3 is 12.1 Å². The number of nitriles is 1. The molecule has 1 amide bonds. The maximum absolute atomic E-state index is 13.2. The minimum atomic E-state index is -4.94. The molecule has 1 spiro atoms. The van der Waals surface area contributed by atoms with Gasteiger partial charge in [0, 0.05) is 29.7 Å². The van der Waals surface area contributed by atoms with Crippen LogP contribution in [0.5, 0.6) is 0 Å². The summed E-state index contributed by atoms with van der Waals surface area (Å²) in [5, 5.41) is 8.99. The average molecular weight is 461 g/mol. The monoisotopic (exact) mass is 461 g/mol. The summed E-state index contributed by atoms with van der Waals surface area (Å²) in [6, 6.07) is 15.4. The second-order valence-electron chi connectivity index (χ2n) is 8.25. The van der Waals surface area contributed by atoms with Gasteiger partial charge in [0.1, 0.15) is 0 Å². The zero-order chi connectivity index (χ0) is 24.5. The van der Waals surface area contributed by atoms with Crippen molar-refractivity contribution in [2.24, 2.45) is 5.41 Å². The molecular formula is C26H18F3N3O2. The van der Waals surface area contributed by atoms with E-state index in [0.29, 0.717) is 33.5 Å². The number of hydrogen-bond acceptors (Lipinski definition) is 3. The number of rotatable bonds is 2. The highest BCUT2D eigenvalue weighted by molar-refractivity contribution is 6.23. The molecule has 170 valence electrons. The second kappa shape index (κ2) is 8.64. The van der Waals surface area contributed by atoms with E-state index >= 15 is 0 Å². The Morgan fingerprint density at radius 1 is 1.00 bits per heavy atom. The van der Waals surface area contributed by atoms with Crippen LogP contribution in [0.3, 0.4) is 0 Å². The molecule has 8 heteroatoms. The zero-order valence-electron chi connectivity index (χ0n) is 17.9. The molecule has 5 nitrogen and oxygen atoms in total. The van der Waals surface area contributed by atoms with Crippen molar-refractivity contribution in [3.63, 3.8) is 0 Å². The van der Waals surface area contributed by atoms with E-state index in [1.807, 2.05) is 6.07 Å². The van der Waals surface area contributed by atoms with E-state index in [9.17, 15) is 22.8 Å². The van der Waals surface area contributed by atoms with E-state index in [1.54, 1.807) is 60.7 Å². The minimum Gasteiger partial charge on any atom is -0.335 e. The lowest BCUT2D eigenvalue weighted by Crippen LogP contribution is -2.54. The molecule has 0 atom stereocenters. The van der Waals surface area contributed by atoms with Gasteiger partial charge in [-0.1, -0.05) is 36.4 Å². The van der Waals surface area contributed by atoms with Crippen LogP contribution >= 0.6 is 0 Å². The third kappa shape index (κ3) is 4.11. The quantitative estimate of drug-likeness (QED) is 0.449. The number of alkyl halides is 3. The molecule has 1 aliphatic heterocycles. The van der Waals surface area contributed by atoms with Crippen LogP contribution in [0, 0.1) is 23.3 Å². The number of carbonyl (C=O) groups excluding carboxylic acids is 2. The first-order valence-electron chi connectivity index (χ1n) is 10.5. The van der Waals surface area contributed by atoms with Crippen LogP contribution in [0.1, 0.15) is 29.5 Å². The maximum atomic E-state index is 13.2. The Labute approximate surface area is 194 Å². The van der Waals surface area contributed by atoms with Crippen molar-refractivity contribution < 1.29 is 22.8 Å². The van der Waals surface area contributed by atoms with Crippen LogP contribution in [0.2, 0.25) is 0 Å². The van der Waals surface area contributed by atoms with Crippen molar-refractivity contribution in [3.05, 3.63) is 87.8 Å². The van der Waals surface area contributed by atoms with Crippen LogP contribution in [0.25, 0.3) is 17.0 Å². The molecule has 0 N–H and O–H groups in total. The summed E-state index contributed by atoms with van der Waals surface area (Å²) in [6.07, 6.45) is -1.13. The molecule has 0 aromatic heterocycles. The standard InChI is InChI=1S/C26H18F3N3O2/c1-31-20-8-6-18(7-9-20)15-22-23(33)21(14-17-2-4-19(16-30)5-3-17)25(22)10-12-32(13-11-25)24(34)26(27,28)29/h2-9,14-15H,10-13H2/b21-14-,22-15-. The average Bonchev–Trinajstić information content (AvgIpc) is 2.85. The van der Waals surface area contributed by atoms with Crippen LogP contribution in [-0.2, 0) is 9.59 Å². The number of allylic oxidation sites excluding steroid dienone is 2. The van der Waals surface area contributed by atoms with Crippen LogP contribution in [-0.4, -0.2) is 35.9 Å². The highest BCUT2D eigenvalue weighted by Crippen LogP contribution is 2.56. The summed E-state index contributed by atoms with van der Waals surface area (Å²) in [4.78, 5) is 29.0. The van der Waals surface area contributed by atoms with Crippen molar-refractivity contribution >= 4 is 29.5 Å². The molecule has 1 heterocycles. The van der Waals surface area contributed by atoms with Crippen LogP contribution in [0.4, 0.5) is 18.9 Å². The lowest BCUT2D eigenvalue weighted by molar-refractivity contribution is -0.187. The van der Waals surface area contributed by atoms with Crippen molar-refractivity contribution in [2.45, 2.75) is 19.0 Å². The number of likely N-dealkylation sites (tertiary alicyclic amines) is 1. The van der Waals surface area contributed by atoms with Crippen molar-refractivity contribution in [1.29, 1.82) is 5.26 Å². The second-order valence-corrected chi connectivity index (χ2v) is 8.25. The third-order valence-corrected chi connectivity index (χ3v) is 6.35. The fraction of sp³-hybridized carbons (Fsp3) is 0.231. The van der Waals surface area contributed by atoms with Crippen LogP contribution in [0.15, 0.2) is 59.7 Å². The fourth-order valence-electron chi connectivity index (χ4n) is 4.51. The third-order valence-electron chi connectivity index (χ3n) is 6.35. The maximum Gasteiger partial charge on any atom is 0.471 e. The number of benzene rings is 2. The van der Waals surface area contributed by atoms with Gasteiger partial charge in [-0.2, -0.15) is 18.4 Å². The van der Waals surface area contributed by atoms with Gasteiger partial charge in [-0.25, -0.2) is 4.85 Å². The Bertz CT molecular complexity index is 1200. The number of piperidine rings is 1. The number of carbonyl (C=O) groups is 2. The SMILES string of the molecule is [C-]#[N+]c1ccc(/C=C2/C(=O)/C(=C/c3ccc(C#N)cc3)C23CCN(C(=O)C(F)(F)F)CC3)cc1. The molecule has 0 radical (unpaired) electrons. The molecule has 1 saturated heterocycles. The lowest BCUT2D eigenvalue weighted by Gasteiger charge is -2.50. The number of nitrogens with zero attached hydrogens (tertiary/aromatic N) is 3. The van der Waals surface area contributed by atoms with Gasteiger partial charge in [0.25, 0.3) is 0 Å². The molecule has 4 rings (SSSR count). The highest BCUT2D eigenvalue weighted by Gasteiger charge is 2.56. The predicted molar refractivity (Wildman–Crippen MR) is 119 cm³/mol. The van der Waals surface area contributed by atoms with Gasteiger partial charge in [0.15, 0.2) is 11.5 Å². The van der Waals surface area contributed by atoms with Crippen molar-refractivity contribution in [1.82, 2.24) is 4.90 Å². The van der Waals surface area contributed by atoms with Gasteiger partial charge < -0.3 is 4.90 Å². The Kier molecular flexibility index (Phi) is 5.85. The van der Waals surface area contributed by atoms with Gasteiger partial charge in [-0.15, -0.1) is 0 Å². The largest absolute Gasteiger partial charge is 0.471 e. The fourth-order valence-corrected chi connectivity index (χ4v) is 4.51. The van der Waals surface area contributed by atoms with Gasteiger partial charge in [-0.3, -0.25) is 9.59 Å². The highest BCUT2D eigenvalue weighted by atomic mass is 19.4. The molecular weight excluding hydrogens is 443 g/mol. The van der Waals surface area contributed by atoms with Crippen molar-refractivity contribution in [3.8, 4) is 6.07 Å². The summed E-state index contributed by atoms with van der Waals surface area (Å²) in [5.41, 5.74) is 2.54. The zero-order valence-corrected chi connectivity index (χ0v) is 17.9. The van der Waals surface area contributed by atoms with E-state index < -0.39 is 17.5 Å². The first-order chi connectivity index (χ1) is 16.2. The first-order valence-corrected chi connectivity index (χ1v) is 10.5. The van der Waals surface area contributed by atoms with E-state index in [2.05, 4.69) is 4.85 Å². The predicted octanol–water partition coefficient (Wildman–Crippen LogP) is 5.33. The molecule has 34 heavy (non-hydrogen) atoms. The summed E-state index contributed by atoms with van der Waals surface area (Å²) in [5.74, 6) is -2.07. The Morgan fingerprint density at radius 2 is 1.50 bits per heavy atom. The van der Waals surface area contributed by atoms with Gasteiger partial charge in [0.05, 0.1) is 18.2 Å². The number of Topliss-reactive ketones (excluding diaryl/α,β-unsaturated/α-hetero) is 1. The summed E-state index contributed by atoms with van der Waals surface area (Å²) in [6.45, 7) is 6.82. The number of hydrogen-bond donors (Lipinski definition) is 0. The number of amides is 1. The molecule has 0 bridgehead atoms. The lowest BCUT2D eigenvalue weighted by atomic mass is 9.54. The molecule has 1 aliphatic carbocycles. The summed E-state index contributed by atoms with van der Waals surface area (Å²) < 4.78 is 38.8. The molecule has 2 aromatic carbocycles. The van der Waals surface area contributed by atoms with E-state index in [-0.39, 0.29) is 31.7 Å². The van der Waals surface area contributed by atoms with Gasteiger partial charge in [0.2, 0.25) is 0 Å². The Hall–Kier alpha value is -4.17. The molecule has 1 saturated carbocycles. The smallest absolute Gasteiger partial charge is 0.335 e. The topological polar surface area (TPSA) is 65.5 Å². The first kappa shape index (κ1) is 23.0. The Balaban J connectivity index is 1.69. The molecule has 2 aromatic rings. The normalized spacial score (nSPS) is 19.6. The number of ketones is 1. The number of halogens is 3. The summed E-state index contributed by atoms with van der Waals surface area (Å²) >= 11 is 0.